The van der Waals surface area contributed by atoms with Crippen molar-refractivity contribution < 1.29 is 9.72 Å². The molecule has 21 heavy (non-hydrogen) atoms. The molecule has 0 fully saturated rings. The standard InChI is InChI=1S/C13H7BrCl2N2O3/c14-10-3-2-8(6-11(10)16)17-13(19)9-5-7(15)1-4-12(9)18(20)21/h1-6H,(H,17,19). The van der Waals surface area contributed by atoms with Crippen LogP contribution in [0.4, 0.5) is 11.4 Å². The molecule has 5 nitrogen and oxygen atoms in total. The number of carbonyl (C=O) groups is 1. The fourth-order valence-corrected chi connectivity index (χ4v) is 2.22. The lowest BCUT2D eigenvalue weighted by Crippen LogP contribution is -2.14. The minimum atomic E-state index is -0.639. The Balaban J connectivity index is 2.34. The zero-order chi connectivity index (χ0) is 15.6. The maximum atomic E-state index is 12.2. The van der Waals surface area contributed by atoms with Crippen LogP contribution in [0.5, 0.6) is 0 Å². The number of carbonyl (C=O) groups excluding carboxylic acids is 1. The summed E-state index contributed by atoms with van der Waals surface area (Å²) >= 11 is 14.9. The molecule has 2 aromatic rings. The summed E-state index contributed by atoms with van der Waals surface area (Å²) in [5, 5.41) is 14.1. The number of halogens is 3. The van der Waals surface area contributed by atoms with Crippen LogP contribution in [0.25, 0.3) is 0 Å². The Morgan fingerprint density at radius 3 is 2.52 bits per heavy atom. The van der Waals surface area contributed by atoms with E-state index in [0.29, 0.717) is 15.2 Å². The van der Waals surface area contributed by atoms with Gasteiger partial charge in [0.25, 0.3) is 11.6 Å². The molecule has 2 aromatic carbocycles. The molecule has 0 aliphatic carbocycles. The maximum absolute atomic E-state index is 12.2. The molecule has 0 radical (unpaired) electrons. The highest BCUT2D eigenvalue weighted by Crippen LogP contribution is 2.27. The Kier molecular flexibility index (Phi) is 4.82. The third kappa shape index (κ3) is 3.72. The highest BCUT2D eigenvalue weighted by atomic mass is 79.9. The first-order valence-corrected chi connectivity index (χ1v) is 7.13. The van der Waals surface area contributed by atoms with Crippen molar-refractivity contribution in [3.8, 4) is 0 Å². The Labute approximate surface area is 138 Å². The van der Waals surface area contributed by atoms with Gasteiger partial charge in [0.15, 0.2) is 0 Å². The highest BCUT2D eigenvalue weighted by molar-refractivity contribution is 9.10. The van der Waals surface area contributed by atoms with Gasteiger partial charge in [0, 0.05) is 21.2 Å². The lowest BCUT2D eigenvalue weighted by Gasteiger charge is -2.07. The summed E-state index contributed by atoms with van der Waals surface area (Å²) in [4.78, 5) is 22.5. The second-order valence-electron chi connectivity index (χ2n) is 4.00. The molecular formula is C13H7BrCl2N2O3. The van der Waals surface area contributed by atoms with E-state index >= 15 is 0 Å². The second kappa shape index (κ2) is 6.43. The van der Waals surface area contributed by atoms with E-state index in [2.05, 4.69) is 21.2 Å². The van der Waals surface area contributed by atoms with Crippen LogP contribution >= 0.6 is 39.1 Å². The molecular weight excluding hydrogens is 383 g/mol. The molecule has 0 aromatic heterocycles. The normalized spacial score (nSPS) is 10.2. The quantitative estimate of drug-likeness (QED) is 0.598. The number of nitrogens with zero attached hydrogens (tertiary/aromatic N) is 1. The average molecular weight is 390 g/mol. The van der Waals surface area contributed by atoms with E-state index in [0.717, 1.165) is 0 Å². The molecule has 0 saturated heterocycles. The van der Waals surface area contributed by atoms with Crippen LogP contribution < -0.4 is 5.32 Å². The number of amides is 1. The van der Waals surface area contributed by atoms with E-state index in [1.165, 1.54) is 24.3 Å². The van der Waals surface area contributed by atoms with Crippen molar-refractivity contribution in [1.29, 1.82) is 0 Å². The number of rotatable bonds is 3. The zero-order valence-electron chi connectivity index (χ0n) is 10.3. The maximum Gasteiger partial charge on any atom is 0.282 e. The van der Waals surface area contributed by atoms with Gasteiger partial charge in [-0.05, 0) is 46.3 Å². The van der Waals surface area contributed by atoms with Gasteiger partial charge < -0.3 is 5.32 Å². The van der Waals surface area contributed by atoms with Crippen LogP contribution in [-0.4, -0.2) is 10.8 Å². The molecule has 0 saturated carbocycles. The molecule has 1 amide bonds. The number of nitro groups is 1. The lowest BCUT2D eigenvalue weighted by molar-refractivity contribution is -0.385. The third-order valence-electron chi connectivity index (χ3n) is 2.58. The summed E-state index contributed by atoms with van der Waals surface area (Å²) in [5.41, 5.74) is -0.0193. The van der Waals surface area contributed by atoms with E-state index < -0.39 is 10.8 Å². The summed E-state index contributed by atoms with van der Waals surface area (Å²) < 4.78 is 0.677. The highest BCUT2D eigenvalue weighted by Gasteiger charge is 2.20. The van der Waals surface area contributed by atoms with Crippen LogP contribution in [0.1, 0.15) is 10.4 Å². The minimum Gasteiger partial charge on any atom is -0.322 e. The van der Waals surface area contributed by atoms with Crippen molar-refractivity contribution in [1.82, 2.24) is 0 Å². The zero-order valence-corrected chi connectivity index (χ0v) is 13.4. The summed E-state index contributed by atoms with van der Waals surface area (Å²) in [7, 11) is 0. The van der Waals surface area contributed by atoms with Gasteiger partial charge in [-0.3, -0.25) is 14.9 Å². The second-order valence-corrected chi connectivity index (χ2v) is 5.70. The Hall–Kier alpha value is -1.63. The minimum absolute atomic E-state index is 0.119. The predicted molar refractivity (Wildman–Crippen MR) is 85.2 cm³/mol. The van der Waals surface area contributed by atoms with Gasteiger partial charge in [0.1, 0.15) is 5.56 Å². The number of nitrogens with one attached hydrogen (secondary N) is 1. The molecule has 0 aliphatic rings. The van der Waals surface area contributed by atoms with Gasteiger partial charge in [-0.25, -0.2) is 0 Å². The predicted octanol–water partition coefficient (Wildman–Crippen LogP) is 4.92. The van der Waals surface area contributed by atoms with Crippen LogP contribution in [0.2, 0.25) is 10.0 Å². The van der Waals surface area contributed by atoms with Gasteiger partial charge in [-0.1, -0.05) is 23.2 Å². The Bertz CT molecular complexity index is 737. The van der Waals surface area contributed by atoms with E-state index in [1.807, 2.05) is 0 Å². The Morgan fingerprint density at radius 2 is 1.90 bits per heavy atom. The van der Waals surface area contributed by atoms with E-state index in [4.69, 9.17) is 23.2 Å². The molecule has 0 bridgehead atoms. The van der Waals surface area contributed by atoms with E-state index in [9.17, 15) is 14.9 Å². The summed E-state index contributed by atoms with van der Waals surface area (Å²) in [5.74, 6) is -0.636. The fourth-order valence-electron chi connectivity index (χ4n) is 1.62. The summed E-state index contributed by atoms with van der Waals surface area (Å²) in [6.07, 6.45) is 0. The molecule has 0 spiro atoms. The van der Waals surface area contributed by atoms with Gasteiger partial charge in [-0.15, -0.1) is 0 Å². The van der Waals surface area contributed by atoms with Crippen molar-refractivity contribution in [2.24, 2.45) is 0 Å². The molecule has 0 heterocycles. The number of hydrogen-bond donors (Lipinski definition) is 1. The number of hydrogen-bond acceptors (Lipinski definition) is 3. The Morgan fingerprint density at radius 1 is 1.19 bits per heavy atom. The summed E-state index contributed by atoms with van der Waals surface area (Å²) in [6.45, 7) is 0. The summed E-state index contributed by atoms with van der Waals surface area (Å²) in [6, 6.07) is 8.59. The fraction of sp³-hybridized carbons (Fsp3) is 0. The molecule has 108 valence electrons. The topological polar surface area (TPSA) is 72.2 Å². The number of anilines is 1. The first-order chi connectivity index (χ1) is 9.88. The van der Waals surface area contributed by atoms with E-state index in [1.54, 1.807) is 12.1 Å². The smallest absolute Gasteiger partial charge is 0.282 e. The van der Waals surface area contributed by atoms with Crippen molar-refractivity contribution in [3.05, 3.63) is 66.6 Å². The van der Waals surface area contributed by atoms with Gasteiger partial charge in [-0.2, -0.15) is 0 Å². The van der Waals surface area contributed by atoms with Crippen molar-refractivity contribution in [3.63, 3.8) is 0 Å². The van der Waals surface area contributed by atoms with Gasteiger partial charge in [0.2, 0.25) is 0 Å². The van der Waals surface area contributed by atoms with Gasteiger partial charge >= 0.3 is 0 Å². The molecule has 0 atom stereocenters. The monoisotopic (exact) mass is 388 g/mol. The van der Waals surface area contributed by atoms with E-state index in [-0.39, 0.29) is 16.3 Å². The largest absolute Gasteiger partial charge is 0.322 e. The molecule has 0 aliphatic heterocycles. The first-order valence-electron chi connectivity index (χ1n) is 5.59. The van der Waals surface area contributed by atoms with Crippen LogP contribution in [-0.2, 0) is 0 Å². The third-order valence-corrected chi connectivity index (χ3v) is 4.04. The molecule has 2 rings (SSSR count). The number of nitro benzene ring substituents is 1. The SMILES string of the molecule is O=C(Nc1ccc(Br)c(Cl)c1)c1cc(Cl)ccc1[N+](=O)[O-]. The first kappa shape index (κ1) is 15.8. The van der Waals surface area contributed by atoms with Crippen LogP contribution in [0, 0.1) is 10.1 Å². The average Bonchev–Trinajstić information content (AvgIpc) is 2.42. The van der Waals surface area contributed by atoms with Crippen LogP contribution in [0.3, 0.4) is 0 Å². The molecule has 1 N–H and O–H groups in total. The molecule has 0 unspecified atom stereocenters. The molecule has 8 heteroatoms. The van der Waals surface area contributed by atoms with Crippen molar-refractivity contribution in [2.45, 2.75) is 0 Å². The number of benzene rings is 2. The van der Waals surface area contributed by atoms with Crippen LogP contribution in [0.15, 0.2) is 40.9 Å². The van der Waals surface area contributed by atoms with Gasteiger partial charge in [0.05, 0.1) is 9.95 Å². The van der Waals surface area contributed by atoms with Crippen molar-refractivity contribution >= 4 is 56.4 Å². The lowest BCUT2D eigenvalue weighted by atomic mass is 10.1. The van der Waals surface area contributed by atoms with Crippen molar-refractivity contribution in [2.75, 3.05) is 5.32 Å².